The summed E-state index contributed by atoms with van der Waals surface area (Å²) in [5.74, 6) is 0.0193. The number of nitrogens with one attached hydrogen (secondary N) is 1. The zero-order valence-electron chi connectivity index (χ0n) is 12.0. The maximum Gasteiger partial charge on any atom is 0.226 e. The second-order valence-electron chi connectivity index (χ2n) is 5.38. The van der Waals surface area contributed by atoms with Gasteiger partial charge >= 0.3 is 0 Å². The van der Waals surface area contributed by atoms with Gasteiger partial charge in [-0.25, -0.2) is 0 Å². The summed E-state index contributed by atoms with van der Waals surface area (Å²) >= 11 is 0. The third-order valence-corrected chi connectivity index (χ3v) is 3.67. The second kappa shape index (κ2) is 6.76. The third-order valence-electron chi connectivity index (χ3n) is 3.67. The molecule has 3 unspecified atom stereocenters. The predicted octanol–water partition coefficient (Wildman–Crippen LogP) is 1.80. The van der Waals surface area contributed by atoms with E-state index in [9.17, 15) is 9.59 Å². The van der Waals surface area contributed by atoms with Crippen molar-refractivity contribution >= 4 is 11.8 Å². The molecule has 3 atom stereocenters. The monoisotopic (exact) mass is 254 g/mol. The first-order valence-electron chi connectivity index (χ1n) is 7.06. The van der Waals surface area contributed by atoms with Gasteiger partial charge in [-0.3, -0.25) is 9.59 Å². The Bertz CT molecular complexity index is 304. The molecule has 104 valence electrons. The molecule has 0 aromatic carbocycles. The lowest BCUT2D eigenvalue weighted by molar-refractivity contribution is -0.133. The molecule has 1 rings (SSSR count). The minimum atomic E-state index is -0.0874. The maximum absolute atomic E-state index is 12.0. The minimum absolute atomic E-state index is 0.0478. The molecule has 4 heteroatoms. The number of hydrogen-bond donors (Lipinski definition) is 1. The molecule has 0 spiro atoms. The van der Waals surface area contributed by atoms with Gasteiger partial charge in [-0.15, -0.1) is 0 Å². The van der Waals surface area contributed by atoms with E-state index in [2.05, 4.69) is 12.2 Å². The Hall–Kier alpha value is -1.06. The summed E-state index contributed by atoms with van der Waals surface area (Å²) in [6.45, 7) is 6.94. The zero-order chi connectivity index (χ0) is 13.7. The Balaban J connectivity index is 2.34. The molecule has 1 aliphatic rings. The van der Waals surface area contributed by atoms with Gasteiger partial charge in [0.05, 0.1) is 11.8 Å². The lowest BCUT2D eigenvalue weighted by Gasteiger charge is -2.17. The number of rotatable bonds is 7. The van der Waals surface area contributed by atoms with E-state index in [0.717, 1.165) is 32.2 Å². The van der Waals surface area contributed by atoms with Crippen molar-refractivity contribution in [3.05, 3.63) is 0 Å². The summed E-state index contributed by atoms with van der Waals surface area (Å²) in [4.78, 5) is 25.6. The predicted molar refractivity (Wildman–Crippen MR) is 72.0 cm³/mol. The van der Waals surface area contributed by atoms with Gasteiger partial charge in [0.15, 0.2) is 0 Å². The van der Waals surface area contributed by atoms with E-state index in [1.807, 2.05) is 20.9 Å². The van der Waals surface area contributed by atoms with Crippen LogP contribution in [0, 0.1) is 11.8 Å². The van der Waals surface area contributed by atoms with Crippen molar-refractivity contribution in [2.45, 2.75) is 52.5 Å². The Morgan fingerprint density at radius 1 is 1.33 bits per heavy atom. The molecule has 0 aromatic rings. The van der Waals surface area contributed by atoms with Crippen LogP contribution in [0.1, 0.15) is 46.5 Å². The van der Waals surface area contributed by atoms with Crippen LogP contribution in [-0.4, -0.2) is 36.3 Å². The average Bonchev–Trinajstić information content (AvgIpc) is 3.14. The number of carbonyl (C=O) groups is 2. The van der Waals surface area contributed by atoms with Gasteiger partial charge < -0.3 is 10.2 Å². The van der Waals surface area contributed by atoms with Gasteiger partial charge in [0.25, 0.3) is 0 Å². The van der Waals surface area contributed by atoms with Crippen LogP contribution in [0.3, 0.4) is 0 Å². The molecule has 4 nitrogen and oxygen atoms in total. The van der Waals surface area contributed by atoms with Crippen molar-refractivity contribution in [2.75, 3.05) is 13.6 Å². The summed E-state index contributed by atoms with van der Waals surface area (Å²) in [5, 5.41) is 2.95. The van der Waals surface area contributed by atoms with Crippen LogP contribution < -0.4 is 5.32 Å². The molecule has 0 aromatic heterocycles. The van der Waals surface area contributed by atoms with E-state index in [4.69, 9.17) is 0 Å². The molecule has 0 radical (unpaired) electrons. The van der Waals surface area contributed by atoms with Crippen LogP contribution in [0.5, 0.6) is 0 Å². The summed E-state index contributed by atoms with van der Waals surface area (Å²) in [6.07, 6.45) is 3.75. The Kier molecular flexibility index (Phi) is 5.63. The lowest BCUT2D eigenvalue weighted by atomic mass is 10.2. The zero-order valence-corrected chi connectivity index (χ0v) is 12.0. The molecule has 18 heavy (non-hydrogen) atoms. The van der Waals surface area contributed by atoms with Crippen LogP contribution in [0.4, 0.5) is 0 Å². The number of unbranched alkanes of at least 4 members (excludes halogenated alkanes) is 1. The minimum Gasteiger partial charge on any atom is -0.353 e. The van der Waals surface area contributed by atoms with Gasteiger partial charge in [0, 0.05) is 19.6 Å². The molecule has 0 heterocycles. The molecular weight excluding hydrogens is 228 g/mol. The highest BCUT2D eigenvalue weighted by Crippen LogP contribution is 2.40. The second-order valence-corrected chi connectivity index (χ2v) is 5.38. The van der Waals surface area contributed by atoms with Crippen molar-refractivity contribution in [1.29, 1.82) is 0 Å². The van der Waals surface area contributed by atoms with Gasteiger partial charge in [-0.2, -0.15) is 0 Å². The molecule has 0 aliphatic heterocycles. The summed E-state index contributed by atoms with van der Waals surface area (Å²) < 4.78 is 0. The van der Waals surface area contributed by atoms with E-state index in [-0.39, 0.29) is 29.7 Å². The first-order valence-corrected chi connectivity index (χ1v) is 7.06. The normalized spacial score (nSPS) is 23.3. The van der Waals surface area contributed by atoms with Crippen molar-refractivity contribution in [1.82, 2.24) is 10.2 Å². The highest BCUT2D eigenvalue weighted by molar-refractivity contribution is 5.92. The highest BCUT2D eigenvalue weighted by atomic mass is 16.2. The van der Waals surface area contributed by atoms with E-state index < -0.39 is 0 Å². The van der Waals surface area contributed by atoms with E-state index in [1.54, 1.807) is 4.90 Å². The smallest absolute Gasteiger partial charge is 0.226 e. The van der Waals surface area contributed by atoms with Crippen LogP contribution in [0.2, 0.25) is 0 Å². The molecule has 2 amide bonds. The number of amides is 2. The topological polar surface area (TPSA) is 49.4 Å². The summed E-state index contributed by atoms with van der Waals surface area (Å²) in [5.41, 5.74) is 0. The molecular formula is C14H26N2O2. The van der Waals surface area contributed by atoms with E-state index in [0.29, 0.717) is 0 Å². The fourth-order valence-electron chi connectivity index (χ4n) is 2.00. The summed E-state index contributed by atoms with van der Waals surface area (Å²) in [7, 11) is 1.83. The Labute approximate surface area is 110 Å². The highest BCUT2D eigenvalue weighted by Gasteiger charge is 2.48. The van der Waals surface area contributed by atoms with Crippen LogP contribution in [0.25, 0.3) is 0 Å². The lowest BCUT2D eigenvalue weighted by Crippen LogP contribution is -2.35. The third kappa shape index (κ3) is 4.00. The van der Waals surface area contributed by atoms with E-state index >= 15 is 0 Å². The Morgan fingerprint density at radius 2 is 2.00 bits per heavy atom. The van der Waals surface area contributed by atoms with Crippen molar-refractivity contribution in [2.24, 2.45) is 11.8 Å². The first kappa shape index (κ1) is 15.0. The van der Waals surface area contributed by atoms with Gasteiger partial charge in [0.1, 0.15) is 0 Å². The molecule has 1 N–H and O–H groups in total. The van der Waals surface area contributed by atoms with Crippen molar-refractivity contribution < 1.29 is 9.59 Å². The molecule has 1 saturated carbocycles. The molecule has 0 bridgehead atoms. The van der Waals surface area contributed by atoms with Crippen LogP contribution >= 0.6 is 0 Å². The number of hydrogen-bond acceptors (Lipinski definition) is 2. The largest absolute Gasteiger partial charge is 0.353 e. The van der Waals surface area contributed by atoms with E-state index in [1.165, 1.54) is 0 Å². The van der Waals surface area contributed by atoms with Crippen molar-refractivity contribution in [3.8, 4) is 0 Å². The fourth-order valence-corrected chi connectivity index (χ4v) is 2.00. The molecule has 1 fully saturated rings. The quantitative estimate of drug-likeness (QED) is 0.753. The van der Waals surface area contributed by atoms with Gasteiger partial charge in [0.2, 0.25) is 11.8 Å². The standard InChI is InChI=1S/C14H26N2O2/c1-5-7-8-16(4)14(18)12-9-11(12)13(17)15-10(3)6-2/h10-12H,5-9H2,1-4H3,(H,15,17). The SMILES string of the molecule is CCCCN(C)C(=O)C1CC1C(=O)NC(C)CC. The number of nitrogens with zero attached hydrogens (tertiary/aromatic N) is 1. The number of carbonyl (C=O) groups excluding carboxylic acids is 2. The summed E-state index contributed by atoms with van der Waals surface area (Å²) in [6, 6.07) is 0.201. The average molecular weight is 254 g/mol. The van der Waals surface area contributed by atoms with Crippen LogP contribution in [-0.2, 0) is 9.59 Å². The van der Waals surface area contributed by atoms with Crippen molar-refractivity contribution in [3.63, 3.8) is 0 Å². The van der Waals surface area contributed by atoms with Gasteiger partial charge in [-0.05, 0) is 26.2 Å². The first-order chi connectivity index (χ1) is 8.51. The molecule has 1 aliphatic carbocycles. The van der Waals surface area contributed by atoms with Crippen LogP contribution in [0.15, 0.2) is 0 Å². The Morgan fingerprint density at radius 3 is 2.56 bits per heavy atom. The molecule has 0 saturated heterocycles. The maximum atomic E-state index is 12.0. The van der Waals surface area contributed by atoms with Gasteiger partial charge in [-0.1, -0.05) is 20.3 Å². The fraction of sp³-hybridized carbons (Fsp3) is 0.857.